The van der Waals surface area contributed by atoms with Gasteiger partial charge in [-0.2, -0.15) is 5.10 Å². The SMILES string of the molecule is COc1cc(/C=N/NC(=O)CSc2nc(-c3ccc(Cl)cc3)cs2)ccc1OCCc1ccccc1. The van der Waals surface area contributed by atoms with Crippen LogP contribution in [0.2, 0.25) is 5.02 Å². The Labute approximate surface area is 223 Å². The molecule has 1 heterocycles. The minimum atomic E-state index is -0.215. The third-order valence-electron chi connectivity index (χ3n) is 5.03. The number of halogens is 1. The molecule has 184 valence electrons. The predicted octanol–water partition coefficient (Wildman–Crippen LogP) is 6.34. The third-order valence-corrected chi connectivity index (χ3v) is 7.30. The summed E-state index contributed by atoms with van der Waals surface area (Å²) in [6.45, 7) is 0.543. The van der Waals surface area contributed by atoms with Crippen LogP contribution >= 0.6 is 34.7 Å². The number of benzene rings is 3. The van der Waals surface area contributed by atoms with Gasteiger partial charge in [0.05, 0.1) is 31.4 Å². The van der Waals surface area contributed by atoms with Crippen LogP contribution in [0.4, 0.5) is 0 Å². The lowest BCUT2D eigenvalue weighted by molar-refractivity contribution is -0.118. The summed E-state index contributed by atoms with van der Waals surface area (Å²) in [6.07, 6.45) is 2.38. The number of thioether (sulfide) groups is 1. The highest BCUT2D eigenvalue weighted by Gasteiger charge is 2.09. The number of carbonyl (C=O) groups excluding carboxylic acids is 1. The Kier molecular flexibility index (Phi) is 9.38. The van der Waals surface area contributed by atoms with Crippen LogP contribution in [-0.2, 0) is 11.2 Å². The molecule has 0 saturated heterocycles. The lowest BCUT2D eigenvalue weighted by atomic mass is 10.2. The van der Waals surface area contributed by atoms with Crippen molar-refractivity contribution >= 4 is 46.8 Å². The second-order valence-corrected chi connectivity index (χ2v) is 10.1. The number of carbonyl (C=O) groups is 1. The number of nitrogens with one attached hydrogen (secondary N) is 1. The fourth-order valence-corrected chi connectivity index (χ4v) is 4.98. The monoisotopic (exact) mass is 537 g/mol. The summed E-state index contributed by atoms with van der Waals surface area (Å²) in [5.74, 6) is 1.26. The summed E-state index contributed by atoms with van der Waals surface area (Å²) in [5, 5.41) is 6.70. The zero-order valence-electron chi connectivity index (χ0n) is 19.5. The molecule has 0 fully saturated rings. The number of hydrogen-bond donors (Lipinski definition) is 1. The van der Waals surface area contributed by atoms with Crippen LogP contribution in [-0.4, -0.2) is 36.6 Å². The summed E-state index contributed by atoms with van der Waals surface area (Å²) in [4.78, 5) is 16.8. The van der Waals surface area contributed by atoms with Gasteiger partial charge in [-0.25, -0.2) is 10.4 Å². The summed E-state index contributed by atoms with van der Waals surface area (Å²) >= 11 is 8.80. The molecule has 6 nitrogen and oxygen atoms in total. The first-order valence-corrected chi connectivity index (χ1v) is 13.4. The Morgan fingerprint density at radius 2 is 1.92 bits per heavy atom. The van der Waals surface area contributed by atoms with Crippen molar-refractivity contribution in [1.29, 1.82) is 0 Å². The molecule has 0 spiro atoms. The van der Waals surface area contributed by atoms with Crippen molar-refractivity contribution in [2.24, 2.45) is 5.10 Å². The van der Waals surface area contributed by atoms with Crippen LogP contribution in [0.25, 0.3) is 11.3 Å². The van der Waals surface area contributed by atoms with Crippen molar-refractivity contribution in [1.82, 2.24) is 10.4 Å². The van der Waals surface area contributed by atoms with E-state index in [0.29, 0.717) is 23.1 Å². The fourth-order valence-electron chi connectivity index (χ4n) is 3.22. The molecule has 0 radical (unpaired) electrons. The van der Waals surface area contributed by atoms with Gasteiger partial charge in [0.25, 0.3) is 5.91 Å². The quantitative estimate of drug-likeness (QED) is 0.137. The van der Waals surface area contributed by atoms with E-state index in [4.69, 9.17) is 21.1 Å². The van der Waals surface area contributed by atoms with Crippen LogP contribution in [0, 0.1) is 0 Å². The van der Waals surface area contributed by atoms with Gasteiger partial charge in [0.2, 0.25) is 0 Å². The predicted molar refractivity (Wildman–Crippen MR) is 148 cm³/mol. The molecule has 1 N–H and O–H groups in total. The van der Waals surface area contributed by atoms with Gasteiger partial charge in [-0.3, -0.25) is 4.79 Å². The Morgan fingerprint density at radius 1 is 1.11 bits per heavy atom. The highest BCUT2D eigenvalue weighted by Crippen LogP contribution is 2.29. The first-order valence-electron chi connectivity index (χ1n) is 11.1. The van der Waals surface area contributed by atoms with Gasteiger partial charge in [0, 0.05) is 22.4 Å². The van der Waals surface area contributed by atoms with Crippen molar-refractivity contribution in [2.75, 3.05) is 19.5 Å². The van der Waals surface area contributed by atoms with Crippen molar-refractivity contribution < 1.29 is 14.3 Å². The molecule has 0 saturated carbocycles. The zero-order valence-corrected chi connectivity index (χ0v) is 21.9. The van der Waals surface area contributed by atoms with Crippen LogP contribution in [0.3, 0.4) is 0 Å². The molecule has 0 unspecified atom stereocenters. The Bertz CT molecular complexity index is 1310. The first kappa shape index (κ1) is 25.8. The minimum Gasteiger partial charge on any atom is -0.493 e. The number of hydrazone groups is 1. The molecule has 4 rings (SSSR count). The smallest absolute Gasteiger partial charge is 0.250 e. The second-order valence-electron chi connectivity index (χ2n) is 7.58. The number of nitrogens with zero attached hydrogens (tertiary/aromatic N) is 2. The fraction of sp³-hybridized carbons (Fsp3) is 0.148. The lowest BCUT2D eigenvalue weighted by Crippen LogP contribution is -2.19. The van der Waals surface area contributed by atoms with Crippen molar-refractivity contribution in [3.63, 3.8) is 0 Å². The minimum absolute atomic E-state index is 0.211. The molecule has 0 aliphatic carbocycles. The summed E-state index contributed by atoms with van der Waals surface area (Å²) in [7, 11) is 1.59. The number of aromatic nitrogens is 1. The zero-order chi connectivity index (χ0) is 25.2. The lowest BCUT2D eigenvalue weighted by Gasteiger charge is -2.11. The average molecular weight is 538 g/mol. The molecule has 0 aliphatic heterocycles. The average Bonchev–Trinajstić information content (AvgIpc) is 3.38. The molecule has 0 aliphatic rings. The van der Waals surface area contributed by atoms with E-state index >= 15 is 0 Å². The Hall–Kier alpha value is -3.33. The molecule has 9 heteroatoms. The van der Waals surface area contributed by atoms with Crippen LogP contribution in [0.1, 0.15) is 11.1 Å². The number of ether oxygens (including phenoxy) is 2. The van der Waals surface area contributed by atoms with Gasteiger partial charge < -0.3 is 9.47 Å². The number of hydrogen-bond acceptors (Lipinski definition) is 7. The Morgan fingerprint density at radius 3 is 2.69 bits per heavy atom. The van der Waals surface area contributed by atoms with Crippen molar-refractivity contribution in [3.05, 3.63) is 94.3 Å². The van der Waals surface area contributed by atoms with Gasteiger partial charge in [-0.1, -0.05) is 65.8 Å². The van der Waals surface area contributed by atoms with Gasteiger partial charge in [0.15, 0.2) is 15.8 Å². The number of amides is 1. The molecule has 0 atom stereocenters. The van der Waals surface area contributed by atoms with E-state index in [9.17, 15) is 4.79 Å². The van der Waals surface area contributed by atoms with E-state index in [-0.39, 0.29) is 11.7 Å². The van der Waals surface area contributed by atoms with E-state index in [2.05, 4.69) is 27.6 Å². The van der Waals surface area contributed by atoms with E-state index < -0.39 is 0 Å². The number of thiazole rings is 1. The van der Waals surface area contributed by atoms with Gasteiger partial charge in [0.1, 0.15) is 0 Å². The molecule has 4 aromatic rings. The number of methoxy groups -OCH3 is 1. The van der Waals surface area contributed by atoms with Crippen molar-refractivity contribution in [2.45, 2.75) is 10.8 Å². The summed E-state index contributed by atoms with van der Waals surface area (Å²) < 4.78 is 12.2. The highest BCUT2D eigenvalue weighted by molar-refractivity contribution is 8.01. The largest absolute Gasteiger partial charge is 0.493 e. The number of rotatable bonds is 11. The molecule has 1 amide bonds. The molecule has 3 aromatic carbocycles. The van der Waals surface area contributed by atoms with E-state index in [1.54, 1.807) is 13.3 Å². The van der Waals surface area contributed by atoms with Crippen LogP contribution < -0.4 is 14.9 Å². The standard InChI is InChI=1S/C27H24ClN3O3S2/c1-33-25-15-20(7-12-24(25)34-14-13-19-5-3-2-4-6-19)16-29-31-26(32)18-36-27-30-23(17-35-27)21-8-10-22(28)11-9-21/h2-12,15-17H,13-14,18H2,1H3,(H,31,32)/b29-16+. The maximum Gasteiger partial charge on any atom is 0.250 e. The van der Waals surface area contributed by atoms with E-state index in [1.807, 2.05) is 66.0 Å². The topological polar surface area (TPSA) is 72.8 Å². The van der Waals surface area contributed by atoms with Crippen LogP contribution in [0.15, 0.2) is 87.6 Å². The second kappa shape index (κ2) is 13.1. The highest BCUT2D eigenvalue weighted by atomic mass is 35.5. The molecule has 1 aromatic heterocycles. The van der Waals surface area contributed by atoms with Gasteiger partial charge in [-0.15, -0.1) is 11.3 Å². The molecular formula is C27H24ClN3O3S2. The molecule has 36 heavy (non-hydrogen) atoms. The first-order chi connectivity index (χ1) is 17.6. The summed E-state index contributed by atoms with van der Waals surface area (Å²) in [5.41, 5.74) is 6.39. The van der Waals surface area contributed by atoms with Crippen molar-refractivity contribution in [3.8, 4) is 22.8 Å². The van der Waals surface area contributed by atoms with Crippen LogP contribution in [0.5, 0.6) is 11.5 Å². The maximum absolute atomic E-state index is 12.2. The van der Waals surface area contributed by atoms with E-state index in [1.165, 1.54) is 28.7 Å². The van der Waals surface area contributed by atoms with E-state index in [0.717, 1.165) is 27.6 Å². The Balaban J connectivity index is 1.24. The molecule has 0 bridgehead atoms. The summed E-state index contributed by atoms with van der Waals surface area (Å²) in [6, 6.07) is 23.2. The maximum atomic E-state index is 12.2. The third kappa shape index (κ3) is 7.58. The normalized spacial score (nSPS) is 10.9. The van der Waals surface area contributed by atoms with Gasteiger partial charge in [-0.05, 0) is 41.5 Å². The molecular weight excluding hydrogens is 514 g/mol. The van der Waals surface area contributed by atoms with Gasteiger partial charge >= 0.3 is 0 Å².